The molecule has 132 valence electrons. The highest BCUT2D eigenvalue weighted by Gasteiger charge is 2.10. The van der Waals surface area contributed by atoms with Crippen LogP contribution in [-0.4, -0.2) is 11.6 Å². The van der Waals surface area contributed by atoms with Gasteiger partial charge in [0.05, 0.1) is 27.9 Å². The van der Waals surface area contributed by atoms with Crippen LogP contribution in [0.15, 0.2) is 47.5 Å². The standard InChI is InChI=1S/C19H20Cl2N2OS/c1-12(2)9-10-24-13-3-5-14(6-4-13)25-23-17-8-7-15(20)18-16(21)11-22-19(17)18/h3-8,11-12,22-23H,9-10H2,1-2H3. The van der Waals surface area contributed by atoms with Crippen molar-refractivity contribution in [2.45, 2.75) is 25.2 Å². The second kappa shape index (κ2) is 8.26. The maximum absolute atomic E-state index is 6.22. The molecule has 0 saturated carbocycles. The summed E-state index contributed by atoms with van der Waals surface area (Å²) in [6, 6.07) is 11.8. The van der Waals surface area contributed by atoms with Gasteiger partial charge in [-0.25, -0.2) is 0 Å². The van der Waals surface area contributed by atoms with Gasteiger partial charge in [-0.2, -0.15) is 0 Å². The molecule has 0 aliphatic carbocycles. The Balaban J connectivity index is 1.63. The third-order valence-corrected chi connectivity index (χ3v) is 5.25. The van der Waals surface area contributed by atoms with E-state index >= 15 is 0 Å². The van der Waals surface area contributed by atoms with Gasteiger partial charge in [0, 0.05) is 16.5 Å². The molecule has 3 rings (SSSR count). The third kappa shape index (κ3) is 4.57. The van der Waals surface area contributed by atoms with Crippen LogP contribution in [0.3, 0.4) is 0 Å². The number of benzene rings is 2. The molecule has 0 bridgehead atoms. The summed E-state index contributed by atoms with van der Waals surface area (Å²) >= 11 is 13.9. The van der Waals surface area contributed by atoms with Gasteiger partial charge in [-0.3, -0.25) is 0 Å². The Hall–Kier alpha value is -1.49. The van der Waals surface area contributed by atoms with Crippen LogP contribution in [-0.2, 0) is 0 Å². The second-order valence-electron chi connectivity index (χ2n) is 6.19. The van der Waals surface area contributed by atoms with Gasteiger partial charge in [0.15, 0.2) is 0 Å². The minimum atomic E-state index is 0.622. The summed E-state index contributed by atoms with van der Waals surface area (Å²) in [6.07, 6.45) is 2.81. The molecule has 0 spiro atoms. The van der Waals surface area contributed by atoms with Crippen LogP contribution >= 0.6 is 35.1 Å². The van der Waals surface area contributed by atoms with Gasteiger partial charge in [0.1, 0.15) is 5.75 Å². The molecule has 0 unspecified atom stereocenters. The number of aromatic nitrogens is 1. The summed E-state index contributed by atoms with van der Waals surface area (Å²) in [7, 11) is 0. The van der Waals surface area contributed by atoms with Crippen LogP contribution in [0.5, 0.6) is 5.75 Å². The predicted molar refractivity (Wildman–Crippen MR) is 109 cm³/mol. The minimum Gasteiger partial charge on any atom is -0.494 e. The van der Waals surface area contributed by atoms with Gasteiger partial charge < -0.3 is 14.4 Å². The normalized spacial score (nSPS) is 11.2. The van der Waals surface area contributed by atoms with Crippen LogP contribution in [0, 0.1) is 5.92 Å². The fourth-order valence-electron chi connectivity index (χ4n) is 2.38. The molecule has 0 fully saturated rings. The molecule has 0 aliphatic rings. The fraction of sp³-hybridized carbons (Fsp3) is 0.263. The Bertz CT molecular complexity index is 847. The molecule has 1 heterocycles. The molecule has 0 radical (unpaired) electrons. The predicted octanol–water partition coefficient (Wildman–Crippen LogP) is 7.02. The molecule has 0 aliphatic heterocycles. The van der Waals surface area contributed by atoms with E-state index in [1.807, 2.05) is 36.4 Å². The van der Waals surface area contributed by atoms with Crippen molar-refractivity contribution in [3.8, 4) is 5.75 Å². The summed E-state index contributed by atoms with van der Waals surface area (Å²) in [6.45, 7) is 5.14. The van der Waals surface area contributed by atoms with Crippen LogP contribution < -0.4 is 9.46 Å². The Morgan fingerprint density at radius 3 is 2.56 bits per heavy atom. The number of nitrogens with one attached hydrogen (secondary N) is 2. The topological polar surface area (TPSA) is 37.0 Å². The number of H-pyrrole nitrogens is 1. The Kier molecular flexibility index (Phi) is 6.05. The molecule has 0 amide bonds. The number of ether oxygens (including phenoxy) is 1. The number of aromatic amines is 1. The molecule has 3 nitrogen and oxygen atoms in total. The first-order valence-corrected chi connectivity index (χ1v) is 9.72. The average molecular weight is 395 g/mol. The lowest BCUT2D eigenvalue weighted by Crippen LogP contribution is -2.01. The Labute approximate surface area is 162 Å². The van der Waals surface area contributed by atoms with Gasteiger partial charge >= 0.3 is 0 Å². The molecular weight excluding hydrogens is 375 g/mol. The first-order chi connectivity index (χ1) is 12.0. The van der Waals surface area contributed by atoms with Crippen molar-refractivity contribution in [3.63, 3.8) is 0 Å². The smallest absolute Gasteiger partial charge is 0.119 e. The zero-order chi connectivity index (χ0) is 17.8. The van der Waals surface area contributed by atoms with Gasteiger partial charge in [-0.15, -0.1) is 0 Å². The highest BCUT2D eigenvalue weighted by atomic mass is 35.5. The number of rotatable bonds is 7. The van der Waals surface area contributed by atoms with Crippen LogP contribution in [0.4, 0.5) is 5.69 Å². The zero-order valence-corrected chi connectivity index (χ0v) is 16.4. The van der Waals surface area contributed by atoms with E-state index < -0.39 is 0 Å². The third-order valence-electron chi connectivity index (χ3n) is 3.80. The maximum Gasteiger partial charge on any atom is 0.119 e. The highest BCUT2D eigenvalue weighted by molar-refractivity contribution is 8.00. The second-order valence-corrected chi connectivity index (χ2v) is 7.88. The van der Waals surface area contributed by atoms with Gasteiger partial charge in [-0.05, 0) is 60.7 Å². The van der Waals surface area contributed by atoms with E-state index in [-0.39, 0.29) is 0 Å². The summed E-state index contributed by atoms with van der Waals surface area (Å²) in [4.78, 5) is 4.26. The number of anilines is 1. The van der Waals surface area contributed by atoms with Crippen molar-refractivity contribution in [1.29, 1.82) is 0 Å². The molecule has 3 aromatic rings. The molecule has 2 aromatic carbocycles. The first-order valence-electron chi connectivity index (χ1n) is 8.15. The van der Waals surface area contributed by atoms with E-state index in [0.29, 0.717) is 16.0 Å². The molecule has 0 atom stereocenters. The van der Waals surface area contributed by atoms with Crippen LogP contribution in [0.1, 0.15) is 20.3 Å². The van der Waals surface area contributed by atoms with E-state index in [1.54, 1.807) is 6.20 Å². The minimum absolute atomic E-state index is 0.622. The highest BCUT2D eigenvalue weighted by Crippen LogP contribution is 2.36. The SMILES string of the molecule is CC(C)CCOc1ccc(SNc2ccc(Cl)c3c(Cl)c[nH]c23)cc1. The molecule has 6 heteroatoms. The van der Waals surface area contributed by atoms with Crippen molar-refractivity contribution in [1.82, 2.24) is 4.98 Å². The largest absolute Gasteiger partial charge is 0.494 e. The summed E-state index contributed by atoms with van der Waals surface area (Å²) in [5.41, 5.74) is 1.84. The summed E-state index contributed by atoms with van der Waals surface area (Å²) in [5.74, 6) is 1.55. The molecule has 25 heavy (non-hydrogen) atoms. The average Bonchev–Trinajstić information content (AvgIpc) is 2.98. The fourth-order valence-corrected chi connectivity index (χ4v) is 3.61. The van der Waals surface area contributed by atoms with E-state index in [2.05, 4.69) is 23.6 Å². The van der Waals surface area contributed by atoms with Crippen LogP contribution in [0.25, 0.3) is 10.9 Å². The summed E-state index contributed by atoms with van der Waals surface area (Å²) in [5, 5.41) is 2.10. The lowest BCUT2D eigenvalue weighted by atomic mass is 10.1. The first kappa shape index (κ1) is 18.3. The molecule has 0 saturated heterocycles. The van der Waals surface area contributed by atoms with Gasteiger partial charge in [-0.1, -0.05) is 37.0 Å². The number of hydrogen-bond acceptors (Lipinski definition) is 3. The molecular formula is C19H20Cl2N2OS. The van der Waals surface area contributed by atoms with Crippen molar-refractivity contribution < 1.29 is 4.74 Å². The monoisotopic (exact) mass is 394 g/mol. The molecule has 1 aromatic heterocycles. The number of fused-ring (bicyclic) bond motifs is 1. The van der Waals surface area contributed by atoms with Crippen molar-refractivity contribution in [2.75, 3.05) is 11.3 Å². The zero-order valence-electron chi connectivity index (χ0n) is 14.1. The summed E-state index contributed by atoms with van der Waals surface area (Å²) < 4.78 is 9.09. The van der Waals surface area contributed by atoms with Crippen LogP contribution in [0.2, 0.25) is 10.0 Å². The van der Waals surface area contributed by atoms with Crippen molar-refractivity contribution >= 4 is 51.7 Å². The van der Waals surface area contributed by atoms with E-state index in [0.717, 1.165) is 40.3 Å². The van der Waals surface area contributed by atoms with E-state index in [4.69, 9.17) is 27.9 Å². The van der Waals surface area contributed by atoms with E-state index in [9.17, 15) is 0 Å². The van der Waals surface area contributed by atoms with Crippen molar-refractivity contribution in [2.24, 2.45) is 5.92 Å². The quantitative estimate of drug-likeness (QED) is 0.422. The lowest BCUT2D eigenvalue weighted by Gasteiger charge is -2.10. The van der Waals surface area contributed by atoms with Crippen molar-refractivity contribution in [3.05, 3.63) is 52.6 Å². The number of halogens is 2. The van der Waals surface area contributed by atoms with Gasteiger partial charge in [0.2, 0.25) is 0 Å². The number of hydrogen-bond donors (Lipinski definition) is 2. The Morgan fingerprint density at radius 1 is 1.08 bits per heavy atom. The lowest BCUT2D eigenvalue weighted by molar-refractivity contribution is 0.289. The maximum atomic E-state index is 6.22. The van der Waals surface area contributed by atoms with Gasteiger partial charge in [0.25, 0.3) is 0 Å². The Morgan fingerprint density at radius 2 is 1.84 bits per heavy atom. The molecule has 2 N–H and O–H groups in total. The van der Waals surface area contributed by atoms with E-state index in [1.165, 1.54) is 11.9 Å².